The molecule has 0 amide bonds. The van der Waals surface area contributed by atoms with Crippen molar-refractivity contribution < 1.29 is 24.1 Å². The average Bonchev–Trinajstić information content (AvgIpc) is 2.57. The van der Waals surface area contributed by atoms with E-state index in [0.717, 1.165) is 6.42 Å². The van der Waals surface area contributed by atoms with Gasteiger partial charge in [0.15, 0.2) is 11.3 Å². The molecule has 2 aromatic carbocycles. The molecule has 0 spiro atoms. The molecule has 26 heavy (non-hydrogen) atoms. The fraction of sp³-hybridized carbons (Fsp3) is 0.350. The number of aromatic hydroxyl groups is 2. The highest BCUT2D eigenvalue weighted by Crippen LogP contribution is 2.43. The van der Waals surface area contributed by atoms with Crippen LogP contribution in [0, 0.1) is 0 Å². The van der Waals surface area contributed by atoms with Gasteiger partial charge in [-0.2, -0.15) is 0 Å². The van der Waals surface area contributed by atoms with E-state index < -0.39 is 5.43 Å². The number of hydrogen-bond donors (Lipinski definition) is 2. The lowest BCUT2D eigenvalue weighted by molar-refractivity contribution is 0.0839. The number of phenolic OH excluding ortho intramolecular Hbond substituents is 2. The van der Waals surface area contributed by atoms with Crippen LogP contribution in [0.1, 0.15) is 32.8 Å². The predicted octanol–water partition coefficient (Wildman–Crippen LogP) is 3.86. The van der Waals surface area contributed by atoms with E-state index in [2.05, 4.69) is 0 Å². The minimum atomic E-state index is -0.398. The Morgan fingerprint density at radius 2 is 2.00 bits per heavy atom. The van der Waals surface area contributed by atoms with Crippen LogP contribution in [0.25, 0.3) is 21.9 Å². The highest BCUT2D eigenvalue weighted by molar-refractivity contribution is 5.97. The SMILES string of the molecule is CCOc1ccc2c(=O)c3c(O)c4c(cc3oc2c1O)OC(C)(C)CC4. The van der Waals surface area contributed by atoms with Crippen LogP contribution in [0.15, 0.2) is 27.4 Å². The summed E-state index contributed by atoms with van der Waals surface area (Å²) in [6, 6.07) is 4.66. The van der Waals surface area contributed by atoms with E-state index >= 15 is 0 Å². The van der Waals surface area contributed by atoms with Gasteiger partial charge in [-0.15, -0.1) is 0 Å². The maximum Gasteiger partial charge on any atom is 0.204 e. The van der Waals surface area contributed by atoms with Crippen LogP contribution in [0.4, 0.5) is 0 Å². The lowest BCUT2D eigenvalue weighted by atomic mass is 9.92. The van der Waals surface area contributed by atoms with E-state index in [1.54, 1.807) is 13.0 Å². The molecule has 1 aromatic heterocycles. The van der Waals surface area contributed by atoms with Crippen LogP contribution >= 0.6 is 0 Å². The van der Waals surface area contributed by atoms with Gasteiger partial charge in [0.2, 0.25) is 11.2 Å². The van der Waals surface area contributed by atoms with Gasteiger partial charge in [-0.05, 0) is 45.7 Å². The Morgan fingerprint density at radius 3 is 2.73 bits per heavy atom. The van der Waals surface area contributed by atoms with Gasteiger partial charge in [0.05, 0.1) is 12.0 Å². The average molecular weight is 356 g/mol. The minimum Gasteiger partial charge on any atom is -0.507 e. The lowest BCUT2D eigenvalue weighted by Crippen LogP contribution is -2.32. The van der Waals surface area contributed by atoms with Gasteiger partial charge in [0.25, 0.3) is 0 Å². The van der Waals surface area contributed by atoms with Gasteiger partial charge >= 0.3 is 0 Å². The zero-order valence-electron chi connectivity index (χ0n) is 14.9. The molecule has 0 atom stereocenters. The number of fused-ring (bicyclic) bond motifs is 3. The Hall–Kier alpha value is -2.89. The van der Waals surface area contributed by atoms with E-state index in [1.165, 1.54) is 12.1 Å². The summed E-state index contributed by atoms with van der Waals surface area (Å²) in [5, 5.41) is 21.4. The van der Waals surface area contributed by atoms with Crippen molar-refractivity contribution in [3.8, 4) is 23.0 Å². The molecular formula is C20H20O6. The van der Waals surface area contributed by atoms with Crippen molar-refractivity contribution in [2.75, 3.05) is 6.61 Å². The fourth-order valence-electron chi connectivity index (χ4n) is 3.42. The number of benzene rings is 2. The molecule has 0 unspecified atom stereocenters. The van der Waals surface area contributed by atoms with E-state index in [9.17, 15) is 15.0 Å². The van der Waals surface area contributed by atoms with Crippen molar-refractivity contribution in [1.82, 2.24) is 0 Å². The van der Waals surface area contributed by atoms with Gasteiger partial charge in [-0.25, -0.2) is 0 Å². The highest BCUT2D eigenvalue weighted by Gasteiger charge is 2.30. The van der Waals surface area contributed by atoms with Gasteiger partial charge in [0.1, 0.15) is 28.1 Å². The number of hydrogen-bond acceptors (Lipinski definition) is 6. The van der Waals surface area contributed by atoms with Crippen LogP contribution in [-0.2, 0) is 6.42 Å². The topological polar surface area (TPSA) is 89.1 Å². The second-order valence-corrected chi connectivity index (χ2v) is 7.09. The van der Waals surface area contributed by atoms with Crippen LogP contribution in [0.2, 0.25) is 0 Å². The first-order valence-electron chi connectivity index (χ1n) is 8.61. The maximum absolute atomic E-state index is 12.9. The van der Waals surface area contributed by atoms with E-state index in [-0.39, 0.29) is 44.8 Å². The van der Waals surface area contributed by atoms with Gasteiger partial charge in [-0.3, -0.25) is 4.79 Å². The molecule has 0 bridgehead atoms. The standard InChI is InChI=1S/C20H20O6/c1-4-24-12-6-5-11-17(22)15-14(25-19(11)18(12)23)9-13-10(16(15)21)7-8-20(2,3)26-13/h5-6,9,21,23H,4,7-8H2,1-3H3. The van der Waals surface area contributed by atoms with Crippen molar-refractivity contribution in [2.24, 2.45) is 0 Å². The normalized spacial score (nSPS) is 15.7. The van der Waals surface area contributed by atoms with Crippen molar-refractivity contribution >= 4 is 21.9 Å². The molecule has 4 rings (SSSR count). The van der Waals surface area contributed by atoms with Crippen LogP contribution in [0.5, 0.6) is 23.0 Å². The number of rotatable bonds is 2. The molecule has 6 nitrogen and oxygen atoms in total. The summed E-state index contributed by atoms with van der Waals surface area (Å²) < 4.78 is 17.1. The summed E-state index contributed by atoms with van der Waals surface area (Å²) in [6.07, 6.45) is 1.34. The van der Waals surface area contributed by atoms with Crippen LogP contribution < -0.4 is 14.9 Å². The zero-order valence-corrected chi connectivity index (χ0v) is 14.9. The molecule has 2 heterocycles. The maximum atomic E-state index is 12.9. The third kappa shape index (κ3) is 2.36. The van der Waals surface area contributed by atoms with Crippen molar-refractivity contribution in [3.05, 3.63) is 34.0 Å². The quantitative estimate of drug-likeness (QED) is 0.678. The third-order valence-corrected chi connectivity index (χ3v) is 4.77. The van der Waals surface area contributed by atoms with Gasteiger partial charge in [0, 0.05) is 11.6 Å². The van der Waals surface area contributed by atoms with E-state index in [1.807, 2.05) is 13.8 Å². The summed E-state index contributed by atoms with van der Waals surface area (Å²) in [7, 11) is 0. The van der Waals surface area contributed by atoms with Gasteiger partial charge < -0.3 is 24.1 Å². The van der Waals surface area contributed by atoms with Crippen LogP contribution in [0.3, 0.4) is 0 Å². The number of phenols is 2. The lowest BCUT2D eigenvalue weighted by Gasteiger charge is -2.32. The first kappa shape index (κ1) is 16.6. The van der Waals surface area contributed by atoms with Crippen molar-refractivity contribution in [1.29, 1.82) is 0 Å². The Labute approximate surface area is 149 Å². The molecule has 1 aliphatic rings. The Kier molecular flexibility index (Phi) is 3.54. The fourth-order valence-corrected chi connectivity index (χ4v) is 3.42. The smallest absolute Gasteiger partial charge is 0.204 e. The second-order valence-electron chi connectivity index (χ2n) is 7.09. The van der Waals surface area contributed by atoms with E-state index in [0.29, 0.717) is 24.3 Å². The van der Waals surface area contributed by atoms with Crippen molar-refractivity contribution in [3.63, 3.8) is 0 Å². The molecule has 1 aliphatic heterocycles. The molecule has 6 heteroatoms. The molecular weight excluding hydrogens is 336 g/mol. The third-order valence-electron chi connectivity index (χ3n) is 4.77. The van der Waals surface area contributed by atoms with Gasteiger partial charge in [-0.1, -0.05) is 0 Å². The summed E-state index contributed by atoms with van der Waals surface area (Å²) in [5.41, 5.74) is 0.0424. The first-order valence-corrected chi connectivity index (χ1v) is 8.61. The summed E-state index contributed by atoms with van der Waals surface area (Å²) in [4.78, 5) is 12.9. The Morgan fingerprint density at radius 1 is 1.23 bits per heavy atom. The minimum absolute atomic E-state index is 0.0304. The Bertz CT molecular complexity index is 1090. The van der Waals surface area contributed by atoms with Crippen molar-refractivity contribution in [2.45, 2.75) is 39.2 Å². The second kappa shape index (κ2) is 5.56. The van der Waals surface area contributed by atoms with E-state index in [4.69, 9.17) is 13.9 Å². The largest absolute Gasteiger partial charge is 0.507 e. The molecule has 0 radical (unpaired) electrons. The first-order chi connectivity index (χ1) is 12.3. The number of ether oxygens (including phenoxy) is 2. The monoisotopic (exact) mass is 356 g/mol. The summed E-state index contributed by atoms with van der Waals surface area (Å²) in [6.45, 7) is 6.10. The molecule has 0 saturated carbocycles. The molecule has 136 valence electrons. The molecule has 3 aromatic rings. The molecule has 2 N–H and O–H groups in total. The molecule has 0 saturated heterocycles. The molecule has 0 fully saturated rings. The predicted molar refractivity (Wildman–Crippen MR) is 97.5 cm³/mol. The molecule has 0 aliphatic carbocycles. The zero-order chi connectivity index (χ0) is 18.6. The Balaban J connectivity index is 2.06. The highest BCUT2D eigenvalue weighted by atomic mass is 16.5. The summed E-state index contributed by atoms with van der Waals surface area (Å²) >= 11 is 0. The summed E-state index contributed by atoms with van der Waals surface area (Å²) in [5.74, 6) is 0.384. The van der Waals surface area contributed by atoms with Crippen LogP contribution in [-0.4, -0.2) is 22.4 Å².